The number of nitriles is 1. The molecule has 0 saturated carbocycles. The fourth-order valence-corrected chi connectivity index (χ4v) is 8.51. The molecule has 0 aliphatic carbocycles. The molecule has 4 heterocycles. The van der Waals surface area contributed by atoms with Crippen LogP contribution in [0.2, 0.25) is 0 Å². The van der Waals surface area contributed by atoms with Crippen molar-refractivity contribution in [1.82, 2.24) is 18.7 Å². The molecule has 11 aromatic rings. The maximum absolute atomic E-state index is 10.3. The molecule has 0 N–H and O–H groups in total. The number of para-hydroxylation sites is 4. The summed E-state index contributed by atoms with van der Waals surface area (Å²) in [6, 6.07) is 60.2. The highest BCUT2D eigenvalue weighted by Gasteiger charge is 2.22. The normalized spacial score (nSPS) is 11.8. The van der Waals surface area contributed by atoms with Crippen molar-refractivity contribution in [3.05, 3.63) is 182 Å². The molecule has 4 aromatic heterocycles. The monoisotopic (exact) mass is 675 g/mol. The van der Waals surface area contributed by atoms with E-state index in [0.717, 1.165) is 66.7 Å². The Bertz CT molecular complexity index is 3250. The zero-order chi connectivity index (χ0) is 35.0. The van der Waals surface area contributed by atoms with E-state index in [1.165, 1.54) is 26.9 Å². The third-order valence-electron chi connectivity index (χ3n) is 10.7. The average Bonchev–Trinajstić information content (AvgIpc) is 3.87. The summed E-state index contributed by atoms with van der Waals surface area (Å²) in [7, 11) is 0. The van der Waals surface area contributed by atoms with Crippen LogP contribution in [0.15, 0.2) is 176 Å². The van der Waals surface area contributed by atoms with Gasteiger partial charge in [-0.2, -0.15) is 5.26 Å². The van der Waals surface area contributed by atoms with E-state index >= 15 is 0 Å². The molecule has 0 atom stereocenters. The van der Waals surface area contributed by atoms with Gasteiger partial charge < -0.3 is 13.7 Å². The third kappa shape index (κ3) is 4.27. The summed E-state index contributed by atoms with van der Waals surface area (Å²) in [4.78, 5) is 4.62. The molecule has 0 aliphatic heterocycles. The number of benzene rings is 7. The van der Waals surface area contributed by atoms with Gasteiger partial charge in [-0.1, -0.05) is 97.1 Å². The van der Waals surface area contributed by atoms with E-state index in [1.54, 1.807) is 0 Å². The number of fused-ring (bicyclic) bond motifs is 10. The predicted octanol–water partition coefficient (Wildman–Crippen LogP) is 11.9. The highest BCUT2D eigenvalue weighted by Crippen LogP contribution is 2.42. The SMILES string of the molecule is N#Cc1cc(-c2cccc(-n3c4cnccc4c4ccc5c6ccccc6n(-c6ccccc6)c5c43)c2)cc(-n2c3ccccc3c3ccccc32)c1. The van der Waals surface area contributed by atoms with Crippen LogP contribution in [0.4, 0.5) is 0 Å². The second kappa shape index (κ2) is 11.3. The Morgan fingerprint density at radius 1 is 0.396 bits per heavy atom. The summed E-state index contributed by atoms with van der Waals surface area (Å²) in [6.45, 7) is 0. The summed E-state index contributed by atoms with van der Waals surface area (Å²) < 4.78 is 7.04. The Hall–Kier alpha value is -7.42. The van der Waals surface area contributed by atoms with Crippen molar-refractivity contribution < 1.29 is 0 Å². The van der Waals surface area contributed by atoms with Gasteiger partial charge in [0.1, 0.15) is 0 Å². The lowest BCUT2D eigenvalue weighted by molar-refractivity contribution is 1.14. The Kier molecular flexibility index (Phi) is 6.25. The lowest BCUT2D eigenvalue weighted by Crippen LogP contribution is -1.99. The molecule has 0 aliphatic rings. The van der Waals surface area contributed by atoms with E-state index in [4.69, 9.17) is 0 Å². The van der Waals surface area contributed by atoms with Crippen molar-refractivity contribution >= 4 is 65.4 Å². The minimum atomic E-state index is 0.611. The summed E-state index contributed by atoms with van der Waals surface area (Å²) in [6.07, 6.45) is 3.85. The number of hydrogen-bond acceptors (Lipinski definition) is 2. The molecule has 0 bridgehead atoms. The Morgan fingerprint density at radius 3 is 1.62 bits per heavy atom. The molecule has 5 nitrogen and oxygen atoms in total. The topological polar surface area (TPSA) is 51.5 Å². The van der Waals surface area contributed by atoms with E-state index in [2.05, 4.69) is 176 Å². The number of hydrogen-bond donors (Lipinski definition) is 0. The van der Waals surface area contributed by atoms with E-state index < -0.39 is 0 Å². The van der Waals surface area contributed by atoms with Gasteiger partial charge in [-0.05, 0) is 77.9 Å². The molecule has 0 unspecified atom stereocenters. The molecule has 246 valence electrons. The quantitative estimate of drug-likeness (QED) is 0.186. The van der Waals surface area contributed by atoms with Crippen LogP contribution >= 0.6 is 0 Å². The maximum atomic E-state index is 10.3. The zero-order valence-electron chi connectivity index (χ0n) is 28.5. The molecule has 53 heavy (non-hydrogen) atoms. The summed E-state index contributed by atoms with van der Waals surface area (Å²) in [5.74, 6) is 0. The molecule has 7 aromatic carbocycles. The number of pyridine rings is 1. The Labute approximate surface area is 304 Å². The van der Waals surface area contributed by atoms with Crippen LogP contribution in [-0.2, 0) is 0 Å². The third-order valence-corrected chi connectivity index (χ3v) is 10.7. The van der Waals surface area contributed by atoms with E-state index in [1.807, 2.05) is 24.5 Å². The van der Waals surface area contributed by atoms with Crippen molar-refractivity contribution in [1.29, 1.82) is 5.26 Å². The molecule has 5 heteroatoms. The van der Waals surface area contributed by atoms with Gasteiger partial charge >= 0.3 is 0 Å². The standard InChI is InChI=1S/C48H29N5/c49-29-31-25-33(28-36(26-31)51-43-18-7-4-15-37(43)38-16-5-8-19-44(38)51)32-11-10-14-35(27-32)53-46-30-50-24-23-40(46)42-22-21-41-39-17-6-9-20-45(39)52(47(41)48(42)53)34-12-2-1-3-13-34/h1-28,30H. The van der Waals surface area contributed by atoms with Gasteiger partial charge in [0.05, 0.1) is 50.9 Å². The van der Waals surface area contributed by atoms with Crippen LogP contribution in [0, 0.1) is 11.3 Å². The van der Waals surface area contributed by atoms with Crippen molar-refractivity contribution in [2.24, 2.45) is 0 Å². The van der Waals surface area contributed by atoms with Gasteiger partial charge in [0.15, 0.2) is 0 Å². The van der Waals surface area contributed by atoms with Gasteiger partial charge in [-0.25, -0.2) is 0 Å². The van der Waals surface area contributed by atoms with Crippen molar-refractivity contribution in [3.63, 3.8) is 0 Å². The molecular formula is C48H29N5. The predicted molar refractivity (Wildman–Crippen MR) is 217 cm³/mol. The first-order valence-corrected chi connectivity index (χ1v) is 17.8. The van der Waals surface area contributed by atoms with Gasteiger partial charge in [0.2, 0.25) is 0 Å². The van der Waals surface area contributed by atoms with Crippen LogP contribution in [0.1, 0.15) is 5.56 Å². The molecule has 0 spiro atoms. The second-order valence-corrected chi connectivity index (χ2v) is 13.6. The van der Waals surface area contributed by atoms with Crippen molar-refractivity contribution in [3.8, 4) is 34.3 Å². The fraction of sp³-hybridized carbons (Fsp3) is 0. The molecule has 0 amide bonds. The van der Waals surface area contributed by atoms with Gasteiger partial charge in [0.25, 0.3) is 0 Å². The maximum Gasteiger partial charge on any atom is 0.0992 e. The molecule has 0 saturated heterocycles. The van der Waals surface area contributed by atoms with E-state index in [9.17, 15) is 5.26 Å². The van der Waals surface area contributed by atoms with Crippen molar-refractivity contribution in [2.45, 2.75) is 0 Å². The molecular weight excluding hydrogens is 647 g/mol. The fourth-order valence-electron chi connectivity index (χ4n) is 8.51. The van der Waals surface area contributed by atoms with Crippen LogP contribution < -0.4 is 0 Å². The van der Waals surface area contributed by atoms with Gasteiger partial charge in [-0.3, -0.25) is 4.98 Å². The van der Waals surface area contributed by atoms with Crippen LogP contribution in [0.25, 0.3) is 93.6 Å². The first-order chi connectivity index (χ1) is 26.3. The van der Waals surface area contributed by atoms with Crippen LogP contribution in [0.5, 0.6) is 0 Å². The average molecular weight is 676 g/mol. The first kappa shape index (κ1) is 29.3. The highest BCUT2D eigenvalue weighted by atomic mass is 15.0. The number of nitrogens with zero attached hydrogens (tertiary/aromatic N) is 5. The van der Waals surface area contributed by atoms with Crippen LogP contribution in [0.3, 0.4) is 0 Å². The van der Waals surface area contributed by atoms with Crippen molar-refractivity contribution in [2.75, 3.05) is 0 Å². The van der Waals surface area contributed by atoms with E-state index in [0.29, 0.717) is 5.56 Å². The first-order valence-electron chi connectivity index (χ1n) is 17.8. The number of aromatic nitrogens is 4. The van der Waals surface area contributed by atoms with Gasteiger partial charge in [0, 0.05) is 55.6 Å². The minimum Gasteiger partial charge on any atom is -0.309 e. The summed E-state index contributed by atoms with van der Waals surface area (Å²) in [5, 5.41) is 17.4. The minimum absolute atomic E-state index is 0.611. The van der Waals surface area contributed by atoms with Gasteiger partial charge in [-0.15, -0.1) is 0 Å². The lowest BCUT2D eigenvalue weighted by Gasteiger charge is -2.14. The molecule has 0 fully saturated rings. The Morgan fingerprint density at radius 2 is 0.943 bits per heavy atom. The molecule has 0 radical (unpaired) electrons. The molecule has 11 rings (SSSR count). The second-order valence-electron chi connectivity index (χ2n) is 13.6. The largest absolute Gasteiger partial charge is 0.309 e. The number of rotatable bonds is 4. The smallest absolute Gasteiger partial charge is 0.0992 e. The summed E-state index contributed by atoms with van der Waals surface area (Å²) >= 11 is 0. The highest BCUT2D eigenvalue weighted by molar-refractivity contribution is 6.23. The van der Waals surface area contributed by atoms with Crippen LogP contribution in [-0.4, -0.2) is 18.7 Å². The lowest BCUT2D eigenvalue weighted by atomic mass is 10.0. The Balaban J connectivity index is 1.19. The summed E-state index contributed by atoms with van der Waals surface area (Å²) in [5.41, 5.74) is 12.4. The van der Waals surface area contributed by atoms with E-state index in [-0.39, 0.29) is 0 Å². The zero-order valence-corrected chi connectivity index (χ0v) is 28.5.